The molecule has 2 aromatic rings. The number of aryl methyl sites for hydroxylation is 2. The van der Waals surface area contributed by atoms with Crippen LogP contribution in [0.5, 0.6) is 5.75 Å². The summed E-state index contributed by atoms with van der Waals surface area (Å²) in [6, 6.07) is 8.89. The lowest BCUT2D eigenvalue weighted by atomic mass is 10.1. The summed E-state index contributed by atoms with van der Waals surface area (Å²) < 4.78 is 16.4. The van der Waals surface area contributed by atoms with Gasteiger partial charge < -0.3 is 18.8 Å². The van der Waals surface area contributed by atoms with E-state index >= 15 is 0 Å². The number of carbonyl (C=O) groups is 2. The molecule has 0 aliphatic carbocycles. The smallest absolute Gasteiger partial charge is 0.329 e. The van der Waals surface area contributed by atoms with Gasteiger partial charge in [0.05, 0.1) is 6.26 Å². The fraction of sp³-hybridized carbons (Fsp3) is 0.400. The summed E-state index contributed by atoms with van der Waals surface area (Å²) in [6.45, 7) is 5.85. The van der Waals surface area contributed by atoms with Crippen molar-refractivity contribution in [2.75, 3.05) is 19.0 Å². The van der Waals surface area contributed by atoms with Gasteiger partial charge in [-0.25, -0.2) is 4.79 Å². The first kappa shape index (κ1) is 19.4. The van der Waals surface area contributed by atoms with Gasteiger partial charge in [-0.2, -0.15) is 0 Å². The van der Waals surface area contributed by atoms with Crippen LogP contribution in [0.1, 0.15) is 29.2 Å². The highest BCUT2D eigenvalue weighted by Gasteiger charge is 2.43. The lowest BCUT2D eigenvalue weighted by Crippen LogP contribution is -2.43. The first-order valence-corrected chi connectivity index (χ1v) is 9.82. The van der Waals surface area contributed by atoms with Crippen LogP contribution < -0.4 is 4.74 Å². The van der Waals surface area contributed by atoms with E-state index in [4.69, 9.17) is 13.9 Å². The Bertz CT molecular complexity index is 784. The second kappa shape index (κ2) is 8.52. The van der Waals surface area contributed by atoms with Crippen molar-refractivity contribution in [2.24, 2.45) is 0 Å². The zero-order chi connectivity index (χ0) is 19.4. The Morgan fingerprint density at radius 3 is 2.59 bits per heavy atom. The summed E-state index contributed by atoms with van der Waals surface area (Å²) in [7, 11) is 0. The van der Waals surface area contributed by atoms with Crippen LogP contribution in [-0.4, -0.2) is 41.8 Å². The van der Waals surface area contributed by atoms with E-state index in [1.54, 1.807) is 18.4 Å². The quantitative estimate of drug-likeness (QED) is 0.557. The molecule has 1 saturated heterocycles. The largest absolute Gasteiger partial charge is 0.490 e. The zero-order valence-corrected chi connectivity index (χ0v) is 16.5. The van der Waals surface area contributed by atoms with Crippen LogP contribution in [0.3, 0.4) is 0 Å². The molecule has 0 spiro atoms. The van der Waals surface area contributed by atoms with E-state index < -0.39 is 12.0 Å². The van der Waals surface area contributed by atoms with Crippen molar-refractivity contribution >= 4 is 23.6 Å². The number of furan rings is 1. The Morgan fingerprint density at radius 2 is 1.96 bits per heavy atom. The van der Waals surface area contributed by atoms with Crippen LogP contribution in [-0.2, 0) is 14.3 Å². The third-order valence-corrected chi connectivity index (χ3v) is 5.50. The molecule has 1 aromatic heterocycles. The highest BCUT2D eigenvalue weighted by molar-refractivity contribution is 7.99. The molecule has 0 saturated carbocycles. The molecule has 1 aliphatic rings. The van der Waals surface area contributed by atoms with Gasteiger partial charge in [-0.3, -0.25) is 4.79 Å². The van der Waals surface area contributed by atoms with E-state index in [1.165, 1.54) is 23.6 Å². The highest BCUT2D eigenvalue weighted by atomic mass is 32.2. The van der Waals surface area contributed by atoms with Crippen molar-refractivity contribution in [2.45, 2.75) is 32.2 Å². The predicted octanol–water partition coefficient (Wildman–Crippen LogP) is 3.48. The van der Waals surface area contributed by atoms with Crippen molar-refractivity contribution in [3.63, 3.8) is 0 Å². The van der Waals surface area contributed by atoms with E-state index in [-0.39, 0.29) is 24.5 Å². The fourth-order valence-corrected chi connectivity index (χ4v) is 4.55. The number of hydrogen-bond donors (Lipinski definition) is 0. The number of nitrogens with zero attached hydrogens (tertiary/aromatic N) is 1. The molecule has 1 aliphatic heterocycles. The number of thioether (sulfide) groups is 1. The standard InChI is InChI=1S/C20H23NO5S/c1-13-9-14(2)11-16(10-13)24-7-8-26-20(23)17-12-27-19(21(17)15(3)22)18-5-4-6-25-18/h4-6,9-11,17,19H,7-8,12H2,1-3H3/t17-,19-/m1/s1. The van der Waals surface area contributed by atoms with Gasteiger partial charge in [0, 0.05) is 12.7 Å². The minimum Gasteiger partial charge on any atom is -0.490 e. The van der Waals surface area contributed by atoms with Gasteiger partial charge in [0.2, 0.25) is 5.91 Å². The summed E-state index contributed by atoms with van der Waals surface area (Å²) in [6.07, 6.45) is 1.56. The molecular weight excluding hydrogens is 366 g/mol. The van der Waals surface area contributed by atoms with Crippen LogP contribution in [0, 0.1) is 13.8 Å². The molecular formula is C20H23NO5S. The molecule has 0 N–H and O–H groups in total. The van der Waals surface area contributed by atoms with E-state index in [0.717, 1.165) is 16.9 Å². The second-order valence-electron chi connectivity index (χ2n) is 6.48. The number of esters is 1. The molecule has 144 valence electrons. The van der Waals surface area contributed by atoms with Crippen LogP contribution in [0.4, 0.5) is 0 Å². The van der Waals surface area contributed by atoms with Crippen molar-refractivity contribution < 1.29 is 23.5 Å². The van der Waals surface area contributed by atoms with Gasteiger partial charge in [-0.05, 0) is 49.2 Å². The minimum atomic E-state index is -0.621. The molecule has 1 amide bonds. The van der Waals surface area contributed by atoms with E-state index in [9.17, 15) is 9.59 Å². The molecule has 2 atom stereocenters. The first-order chi connectivity index (χ1) is 13.0. The monoisotopic (exact) mass is 389 g/mol. The number of ether oxygens (including phenoxy) is 2. The number of benzene rings is 1. The lowest BCUT2D eigenvalue weighted by Gasteiger charge is -2.25. The minimum absolute atomic E-state index is 0.129. The Labute approximate surface area is 162 Å². The van der Waals surface area contributed by atoms with Gasteiger partial charge in [0.25, 0.3) is 0 Å². The summed E-state index contributed by atoms with van der Waals surface area (Å²) in [5.41, 5.74) is 2.23. The predicted molar refractivity (Wildman–Crippen MR) is 103 cm³/mol. The molecule has 6 nitrogen and oxygen atoms in total. The van der Waals surface area contributed by atoms with Gasteiger partial charge in [-0.1, -0.05) is 6.07 Å². The van der Waals surface area contributed by atoms with Crippen LogP contribution in [0.2, 0.25) is 0 Å². The highest BCUT2D eigenvalue weighted by Crippen LogP contribution is 2.41. The van der Waals surface area contributed by atoms with E-state index in [1.807, 2.05) is 26.0 Å². The maximum Gasteiger partial charge on any atom is 0.329 e. The van der Waals surface area contributed by atoms with Gasteiger partial charge in [-0.15, -0.1) is 11.8 Å². The van der Waals surface area contributed by atoms with Crippen LogP contribution in [0.25, 0.3) is 0 Å². The van der Waals surface area contributed by atoms with E-state index in [0.29, 0.717) is 11.5 Å². The third-order valence-electron chi connectivity index (χ3n) is 4.21. The lowest BCUT2D eigenvalue weighted by molar-refractivity contribution is -0.154. The Kier molecular flexibility index (Phi) is 6.11. The molecule has 1 aromatic carbocycles. The SMILES string of the molecule is CC(=O)N1[C@@H](C(=O)OCCOc2cc(C)cc(C)c2)CS[C@@H]1c1ccco1. The fourth-order valence-electron chi connectivity index (χ4n) is 3.14. The van der Waals surface area contributed by atoms with Crippen molar-refractivity contribution in [3.8, 4) is 5.75 Å². The summed E-state index contributed by atoms with van der Waals surface area (Å²) in [4.78, 5) is 26.1. The van der Waals surface area contributed by atoms with Crippen molar-refractivity contribution in [3.05, 3.63) is 53.5 Å². The average Bonchev–Trinajstić information content (AvgIpc) is 3.26. The Balaban J connectivity index is 1.53. The van der Waals surface area contributed by atoms with Crippen LogP contribution in [0.15, 0.2) is 41.0 Å². The summed E-state index contributed by atoms with van der Waals surface area (Å²) in [5.74, 6) is 1.28. The number of carbonyl (C=O) groups excluding carboxylic acids is 2. The van der Waals surface area contributed by atoms with Gasteiger partial charge in [0.15, 0.2) is 0 Å². The summed E-state index contributed by atoms with van der Waals surface area (Å²) in [5, 5.41) is -0.304. The third kappa shape index (κ3) is 4.66. The number of rotatable bonds is 6. The Morgan fingerprint density at radius 1 is 1.22 bits per heavy atom. The van der Waals surface area contributed by atoms with Crippen molar-refractivity contribution in [1.29, 1.82) is 0 Å². The molecule has 27 heavy (non-hydrogen) atoms. The van der Waals surface area contributed by atoms with Crippen molar-refractivity contribution in [1.82, 2.24) is 4.90 Å². The molecule has 0 radical (unpaired) electrons. The topological polar surface area (TPSA) is 69.0 Å². The maximum absolute atomic E-state index is 12.5. The van der Waals surface area contributed by atoms with Gasteiger partial charge >= 0.3 is 5.97 Å². The molecule has 0 unspecified atom stereocenters. The summed E-state index contributed by atoms with van der Waals surface area (Å²) >= 11 is 1.49. The molecule has 0 bridgehead atoms. The van der Waals surface area contributed by atoms with Crippen LogP contribution >= 0.6 is 11.8 Å². The number of hydrogen-bond acceptors (Lipinski definition) is 6. The van der Waals surface area contributed by atoms with E-state index in [2.05, 4.69) is 6.07 Å². The van der Waals surface area contributed by atoms with Gasteiger partial charge in [0.1, 0.15) is 36.1 Å². The molecule has 1 fully saturated rings. The molecule has 3 rings (SSSR count). The molecule has 2 heterocycles. The Hall–Kier alpha value is -2.41. The molecule has 7 heteroatoms. The first-order valence-electron chi connectivity index (χ1n) is 8.77. The average molecular weight is 389 g/mol. The number of amides is 1. The maximum atomic E-state index is 12.5. The second-order valence-corrected chi connectivity index (χ2v) is 7.60. The zero-order valence-electron chi connectivity index (χ0n) is 15.6. The normalized spacial score (nSPS) is 19.1.